The minimum atomic E-state index is -0.983. The quantitative estimate of drug-likeness (QED) is 0.819. The molecule has 2 rings (SSSR count). The lowest BCUT2D eigenvalue weighted by Gasteiger charge is -2.25. The molecule has 0 spiro atoms. The molecule has 1 aromatic heterocycles. The van der Waals surface area contributed by atoms with Crippen molar-refractivity contribution in [1.82, 2.24) is 14.7 Å². The molecule has 18 heavy (non-hydrogen) atoms. The number of ether oxygens (including phenoxy) is 1. The van der Waals surface area contributed by atoms with Crippen molar-refractivity contribution in [3.8, 4) is 0 Å². The number of hydrogen-bond donors (Lipinski definition) is 1. The maximum Gasteiger partial charge on any atom is 0.328 e. The van der Waals surface area contributed by atoms with E-state index in [0.717, 1.165) is 0 Å². The van der Waals surface area contributed by atoms with Crippen LogP contribution >= 0.6 is 0 Å². The predicted octanol–water partition coefficient (Wildman–Crippen LogP) is 0.00110. The lowest BCUT2D eigenvalue weighted by molar-refractivity contribution is -0.140. The molecule has 1 unspecified atom stereocenters. The summed E-state index contributed by atoms with van der Waals surface area (Å²) < 4.78 is 6.44. The summed E-state index contributed by atoms with van der Waals surface area (Å²) in [4.78, 5) is 24.5. The normalized spacial score (nSPS) is 17.5. The van der Waals surface area contributed by atoms with Gasteiger partial charge in [-0.15, -0.1) is 0 Å². The number of amides is 1. The summed E-state index contributed by atoms with van der Waals surface area (Å²) in [6.45, 7) is 3.65. The number of rotatable bonds is 3. The van der Waals surface area contributed by atoms with Crippen LogP contribution < -0.4 is 0 Å². The smallest absolute Gasteiger partial charge is 0.328 e. The summed E-state index contributed by atoms with van der Waals surface area (Å²) in [7, 11) is 0. The molecule has 0 bridgehead atoms. The highest BCUT2D eigenvalue weighted by Crippen LogP contribution is 2.09. The number of hydrogen-bond acceptors (Lipinski definition) is 4. The summed E-state index contributed by atoms with van der Waals surface area (Å²) in [6, 6.07) is 0.758. The molecule has 1 aliphatic rings. The van der Waals surface area contributed by atoms with Crippen LogP contribution in [0.25, 0.3) is 0 Å². The molecule has 1 saturated heterocycles. The number of aliphatic carboxylic acids is 1. The minimum Gasteiger partial charge on any atom is -0.480 e. The number of carbonyl (C=O) groups excluding carboxylic acids is 1. The van der Waals surface area contributed by atoms with Crippen LogP contribution in [0.3, 0.4) is 0 Å². The molecule has 0 saturated carbocycles. The zero-order valence-corrected chi connectivity index (χ0v) is 10.1. The first-order valence-electron chi connectivity index (χ1n) is 5.74. The zero-order chi connectivity index (χ0) is 13.1. The number of aromatic nitrogens is 2. The maximum atomic E-state index is 12.1. The first kappa shape index (κ1) is 12.6. The van der Waals surface area contributed by atoms with Crippen LogP contribution in [0.2, 0.25) is 0 Å². The molecule has 1 aromatic rings. The van der Waals surface area contributed by atoms with E-state index in [4.69, 9.17) is 9.84 Å². The fourth-order valence-electron chi connectivity index (χ4n) is 1.71. The average molecular weight is 253 g/mol. The Hall–Kier alpha value is -1.89. The van der Waals surface area contributed by atoms with Crippen molar-refractivity contribution >= 4 is 11.9 Å². The third kappa shape index (κ3) is 2.51. The summed E-state index contributed by atoms with van der Waals surface area (Å²) >= 11 is 0. The van der Waals surface area contributed by atoms with E-state index in [-0.39, 0.29) is 11.6 Å². The second kappa shape index (κ2) is 5.18. The Morgan fingerprint density at radius 3 is 2.72 bits per heavy atom. The Balaban J connectivity index is 2.09. The number of nitrogens with zero attached hydrogens (tertiary/aromatic N) is 3. The van der Waals surface area contributed by atoms with Crippen LogP contribution in [0.15, 0.2) is 12.3 Å². The van der Waals surface area contributed by atoms with E-state index >= 15 is 0 Å². The number of carboxylic acids is 1. The molecule has 1 amide bonds. The molecule has 1 N–H and O–H groups in total. The van der Waals surface area contributed by atoms with Crippen LogP contribution in [-0.4, -0.2) is 58.0 Å². The zero-order valence-electron chi connectivity index (χ0n) is 10.1. The van der Waals surface area contributed by atoms with Crippen LogP contribution in [0, 0.1) is 0 Å². The van der Waals surface area contributed by atoms with Gasteiger partial charge < -0.3 is 14.7 Å². The van der Waals surface area contributed by atoms with E-state index in [1.165, 1.54) is 23.9 Å². The van der Waals surface area contributed by atoms with Gasteiger partial charge in [-0.2, -0.15) is 5.10 Å². The number of carbonyl (C=O) groups is 2. The topological polar surface area (TPSA) is 84.7 Å². The lowest BCUT2D eigenvalue weighted by atomic mass is 10.3. The SMILES string of the molecule is CC(C(=O)O)n1ccc(C(=O)N2CCOCC2)n1. The van der Waals surface area contributed by atoms with Crippen molar-refractivity contribution in [3.63, 3.8) is 0 Å². The van der Waals surface area contributed by atoms with E-state index in [1.807, 2.05) is 0 Å². The van der Waals surface area contributed by atoms with Crippen molar-refractivity contribution in [2.45, 2.75) is 13.0 Å². The number of morpholine rings is 1. The Kier molecular flexibility index (Phi) is 3.61. The van der Waals surface area contributed by atoms with Crippen LogP contribution in [0.5, 0.6) is 0 Å². The molecule has 1 fully saturated rings. The highest BCUT2D eigenvalue weighted by Gasteiger charge is 2.22. The summed E-state index contributed by atoms with van der Waals surface area (Å²) in [5.41, 5.74) is 0.269. The lowest BCUT2D eigenvalue weighted by Crippen LogP contribution is -2.40. The van der Waals surface area contributed by atoms with Gasteiger partial charge in [0.2, 0.25) is 0 Å². The second-order valence-corrected chi connectivity index (χ2v) is 4.10. The predicted molar refractivity (Wildman–Crippen MR) is 61.3 cm³/mol. The van der Waals surface area contributed by atoms with Crippen molar-refractivity contribution in [2.24, 2.45) is 0 Å². The van der Waals surface area contributed by atoms with Crippen LogP contribution in [0.4, 0.5) is 0 Å². The van der Waals surface area contributed by atoms with Gasteiger partial charge in [0.05, 0.1) is 13.2 Å². The fraction of sp³-hybridized carbons (Fsp3) is 0.545. The Bertz CT molecular complexity index is 451. The van der Waals surface area contributed by atoms with Gasteiger partial charge in [0.25, 0.3) is 5.91 Å². The van der Waals surface area contributed by atoms with Gasteiger partial charge in [0, 0.05) is 19.3 Å². The van der Waals surface area contributed by atoms with Crippen LogP contribution in [-0.2, 0) is 9.53 Å². The summed E-state index contributed by atoms with van der Waals surface area (Å²) in [6.07, 6.45) is 1.51. The van der Waals surface area contributed by atoms with Crippen molar-refractivity contribution in [1.29, 1.82) is 0 Å². The molecule has 1 atom stereocenters. The van der Waals surface area contributed by atoms with E-state index in [9.17, 15) is 9.59 Å². The third-order valence-electron chi connectivity index (χ3n) is 2.88. The van der Waals surface area contributed by atoms with E-state index < -0.39 is 12.0 Å². The molecule has 98 valence electrons. The number of carboxylic acid groups (broad SMARTS) is 1. The molecule has 2 heterocycles. The highest BCUT2D eigenvalue weighted by molar-refractivity contribution is 5.92. The van der Waals surface area contributed by atoms with E-state index in [1.54, 1.807) is 4.90 Å². The molecule has 0 aliphatic carbocycles. The monoisotopic (exact) mass is 253 g/mol. The van der Waals surface area contributed by atoms with Gasteiger partial charge in [-0.05, 0) is 13.0 Å². The van der Waals surface area contributed by atoms with Gasteiger partial charge in [-0.1, -0.05) is 0 Å². The average Bonchev–Trinajstić information content (AvgIpc) is 2.87. The van der Waals surface area contributed by atoms with Gasteiger partial charge in [0.1, 0.15) is 11.7 Å². The Labute approximate surface area is 104 Å². The largest absolute Gasteiger partial charge is 0.480 e. The molecule has 0 aromatic carbocycles. The van der Waals surface area contributed by atoms with E-state index in [2.05, 4.69) is 5.10 Å². The Morgan fingerprint density at radius 2 is 2.11 bits per heavy atom. The van der Waals surface area contributed by atoms with Gasteiger partial charge in [0.15, 0.2) is 0 Å². The third-order valence-corrected chi connectivity index (χ3v) is 2.88. The van der Waals surface area contributed by atoms with Gasteiger partial charge in [-0.25, -0.2) is 4.79 Å². The molecular weight excluding hydrogens is 238 g/mol. The van der Waals surface area contributed by atoms with Crippen LogP contribution in [0.1, 0.15) is 23.5 Å². The highest BCUT2D eigenvalue weighted by atomic mass is 16.5. The fourth-order valence-corrected chi connectivity index (χ4v) is 1.71. The maximum absolute atomic E-state index is 12.1. The van der Waals surface area contributed by atoms with Crippen molar-refractivity contribution in [3.05, 3.63) is 18.0 Å². The van der Waals surface area contributed by atoms with Gasteiger partial charge >= 0.3 is 5.97 Å². The first-order chi connectivity index (χ1) is 8.59. The molecule has 7 nitrogen and oxygen atoms in total. The summed E-state index contributed by atoms with van der Waals surface area (Å²) in [5, 5.41) is 12.9. The molecule has 7 heteroatoms. The van der Waals surface area contributed by atoms with E-state index in [0.29, 0.717) is 26.3 Å². The first-order valence-corrected chi connectivity index (χ1v) is 5.74. The second-order valence-electron chi connectivity index (χ2n) is 4.10. The molecule has 0 radical (unpaired) electrons. The van der Waals surface area contributed by atoms with Gasteiger partial charge in [-0.3, -0.25) is 9.48 Å². The van der Waals surface area contributed by atoms with Crippen molar-refractivity contribution in [2.75, 3.05) is 26.3 Å². The molecular formula is C11H15N3O4. The molecule has 1 aliphatic heterocycles. The standard InChI is InChI=1S/C11H15N3O4/c1-8(11(16)17)14-3-2-9(12-14)10(15)13-4-6-18-7-5-13/h2-3,8H,4-7H2,1H3,(H,16,17). The van der Waals surface area contributed by atoms with Crippen molar-refractivity contribution < 1.29 is 19.4 Å². The summed E-state index contributed by atoms with van der Waals surface area (Å²) in [5.74, 6) is -1.17. The Morgan fingerprint density at radius 1 is 1.44 bits per heavy atom. The minimum absolute atomic E-state index is 0.186.